The van der Waals surface area contributed by atoms with Gasteiger partial charge in [0.1, 0.15) is 11.6 Å². The molecule has 3 aromatic rings. The third kappa shape index (κ3) is 5.15. The molecule has 146 valence electrons. The van der Waals surface area contributed by atoms with Crippen molar-refractivity contribution in [2.24, 2.45) is 0 Å². The second kappa shape index (κ2) is 8.95. The first kappa shape index (κ1) is 18.6. The monoisotopic (exact) mass is 382 g/mol. The molecule has 1 aliphatic heterocycles. The molecule has 0 spiro atoms. The van der Waals surface area contributed by atoms with Crippen LogP contribution in [0.3, 0.4) is 0 Å². The molecule has 7 heteroatoms. The van der Waals surface area contributed by atoms with Gasteiger partial charge in [-0.25, -0.2) is 4.39 Å². The summed E-state index contributed by atoms with van der Waals surface area (Å²) >= 11 is 0. The molecule has 1 fully saturated rings. The third-order valence-corrected chi connectivity index (χ3v) is 4.76. The van der Waals surface area contributed by atoms with E-state index >= 15 is 0 Å². The summed E-state index contributed by atoms with van der Waals surface area (Å²) in [6.07, 6.45) is 0. The Morgan fingerprint density at radius 2 is 1.57 bits per heavy atom. The largest absolute Gasteiger partial charge is 0.485 e. The van der Waals surface area contributed by atoms with Crippen LogP contribution in [-0.4, -0.2) is 46.1 Å². The van der Waals surface area contributed by atoms with Gasteiger partial charge in [0.2, 0.25) is 11.7 Å². The number of ether oxygens (including phenoxy) is 1. The van der Waals surface area contributed by atoms with Crippen LogP contribution in [0.2, 0.25) is 0 Å². The maximum absolute atomic E-state index is 12.9. The summed E-state index contributed by atoms with van der Waals surface area (Å²) in [5.74, 6) is 1.36. The van der Waals surface area contributed by atoms with Crippen LogP contribution in [0.5, 0.6) is 5.75 Å². The average molecular weight is 382 g/mol. The number of halogens is 1. The molecule has 6 nitrogen and oxygen atoms in total. The molecule has 0 radical (unpaired) electrons. The summed E-state index contributed by atoms with van der Waals surface area (Å²) in [6.45, 7) is 5.79. The molecule has 1 aromatic heterocycles. The summed E-state index contributed by atoms with van der Waals surface area (Å²) in [6, 6.07) is 16.4. The number of nitrogens with zero attached hydrogens (tertiary/aromatic N) is 4. The molecule has 0 N–H and O–H groups in total. The van der Waals surface area contributed by atoms with Crippen molar-refractivity contribution in [1.82, 2.24) is 19.9 Å². The fourth-order valence-corrected chi connectivity index (χ4v) is 3.23. The van der Waals surface area contributed by atoms with Gasteiger partial charge in [-0.2, -0.15) is 4.98 Å². The van der Waals surface area contributed by atoms with Crippen molar-refractivity contribution in [3.63, 3.8) is 0 Å². The Bertz CT molecular complexity index is 862. The first-order chi connectivity index (χ1) is 13.7. The highest BCUT2D eigenvalue weighted by Gasteiger charge is 2.19. The van der Waals surface area contributed by atoms with Gasteiger partial charge in [-0.15, -0.1) is 0 Å². The van der Waals surface area contributed by atoms with E-state index in [-0.39, 0.29) is 12.4 Å². The highest BCUT2D eigenvalue weighted by Crippen LogP contribution is 2.14. The molecule has 0 atom stereocenters. The summed E-state index contributed by atoms with van der Waals surface area (Å²) in [5, 5.41) is 3.96. The van der Waals surface area contributed by atoms with Gasteiger partial charge in [-0.3, -0.25) is 9.80 Å². The lowest BCUT2D eigenvalue weighted by Crippen LogP contribution is -2.45. The Hall–Kier alpha value is -2.77. The molecular weight excluding hydrogens is 359 g/mol. The van der Waals surface area contributed by atoms with E-state index in [0.29, 0.717) is 24.0 Å². The predicted molar refractivity (Wildman–Crippen MR) is 102 cm³/mol. The first-order valence-corrected chi connectivity index (χ1v) is 9.43. The average Bonchev–Trinajstić information content (AvgIpc) is 3.17. The van der Waals surface area contributed by atoms with Crippen LogP contribution >= 0.6 is 0 Å². The first-order valence-electron chi connectivity index (χ1n) is 9.43. The van der Waals surface area contributed by atoms with Gasteiger partial charge in [0, 0.05) is 32.7 Å². The normalized spacial score (nSPS) is 15.6. The number of rotatable bonds is 7. The highest BCUT2D eigenvalue weighted by molar-refractivity contribution is 5.22. The molecule has 2 heterocycles. The Balaban J connectivity index is 1.22. The molecule has 0 bridgehead atoms. The number of hydrogen-bond acceptors (Lipinski definition) is 6. The molecule has 0 aliphatic carbocycles. The van der Waals surface area contributed by atoms with Gasteiger partial charge >= 0.3 is 0 Å². The smallest absolute Gasteiger partial charge is 0.240 e. The fraction of sp³-hybridized carbons (Fsp3) is 0.333. The lowest BCUT2D eigenvalue weighted by atomic mass is 10.2. The Labute approximate surface area is 163 Å². The zero-order valence-corrected chi connectivity index (χ0v) is 15.6. The molecule has 2 aromatic carbocycles. The van der Waals surface area contributed by atoms with Crippen LogP contribution in [0.1, 0.15) is 17.3 Å². The van der Waals surface area contributed by atoms with Gasteiger partial charge in [-0.1, -0.05) is 35.5 Å². The zero-order chi connectivity index (χ0) is 19.2. The minimum Gasteiger partial charge on any atom is -0.485 e. The van der Waals surface area contributed by atoms with Crippen molar-refractivity contribution in [3.05, 3.63) is 77.7 Å². The van der Waals surface area contributed by atoms with E-state index < -0.39 is 0 Å². The zero-order valence-electron chi connectivity index (χ0n) is 15.6. The molecule has 0 unspecified atom stereocenters. The summed E-state index contributed by atoms with van der Waals surface area (Å²) in [5.41, 5.74) is 1.35. The van der Waals surface area contributed by atoms with Gasteiger partial charge in [0.25, 0.3) is 0 Å². The second-order valence-corrected chi connectivity index (χ2v) is 6.88. The van der Waals surface area contributed by atoms with Crippen molar-refractivity contribution < 1.29 is 13.7 Å². The minimum absolute atomic E-state index is 0.194. The summed E-state index contributed by atoms with van der Waals surface area (Å²) in [4.78, 5) is 9.17. The van der Waals surface area contributed by atoms with Crippen LogP contribution in [0.4, 0.5) is 4.39 Å². The van der Waals surface area contributed by atoms with Crippen LogP contribution in [-0.2, 0) is 19.7 Å². The third-order valence-electron chi connectivity index (χ3n) is 4.76. The highest BCUT2D eigenvalue weighted by atomic mass is 19.1. The van der Waals surface area contributed by atoms with Crippen molar-refractivity contribution in [2.45, 2.75) is 19.7 Å². The lowest BCUT2D eigenvalue weighted by Gasteiger charge is -2.33. The van der Waals surface area contributed by atoms with Gasteiger partial charge in [0.05, 0.1) is 6.54 Å². The van der Waals surface area contributed by atoms with E-state index in [1.165, 1.54) is 17.7 Å². The molecule has 1 aliphatic rings. The molecule has 1 saturated heterocycles. The summed E-state index contributed by atoms with van der Waals surface area (Å²) < 4.78 is 23.8. The van der Waals surface area contributed by atoms with Crippen molar-refractivity contribution in [2.75, 3.05) is 26.2 Å². The maximum Gasteiger partial charge on any atom is 0.240 e. The summed E-state index contributed by atoms with van der Waals surface area (Å²) in [7, 11) is 0. The predicted octanol–water partition coefficient (Wildman–Crippen LogP) is 3.11. The quantitative estimate of drug-likeness (QED) is 0.626. The van der Waals surface area contributed by atoms with Crippen molar-refractivity contribution in [3.8, 4) is 5.75 Å². The molecule has 4 rings (SSSR count). The molecular formula is C21H23FN4O2. The van der Waals surface area contributed by atoms with Crippen LogP contribution in [0, 0.1) is 5.82 Å². The van der Waals surface area contributed by atoms with Crippen LogP contribution in [0.25, 0.3) is 0 Å². The SMILES string of the molecule is Fc1ccc(OCc2noc(CN3CCN(Cc4ccccc4)CC3)n2)cc1. The van der Waals surface area contributed by atoms with Gasteiger partial charge < -0.3 is 9.26 Å². The molecule has 28 heavy (non-hydrogen) atoms. The van der Waals surface area contributed by atoms with Crippen LogP contribution in [0.15, 0.2) is 59.1 Å². The van der Waals surface area contributed by atoms with Gasteiger partial charge in [0.15, 0.2) is 6.61 Å². The van der Waals surface area contributed by atoms with E-state index in [2.05, 4.69) is 44.2 Å². The van der Waals surface area contributed by atoms with E-state index in [0.717, 1.165) is 32.7 Å². The molecule has 0 saturated carbocycles. The lowest BCUT2D eigenvalue weighted by molar-refractivity contribution is 0.112. The number of hydrogen-bond donors (Lipinski definition) is 0. The number of aromatic nitrogens is 2. The van der Waals surface area contributed by atoms with E-state index in [9.17, 15) is 4.39 Å². The Morgan fingerprint density at radius 3 is 2.29 bits per heavy atom. The van der Waals surface area contributed by atoms with E-state index in [1.807, 2.05) is 6.07 Å². The fourth-order valence-electron chi connectivity index (χ4n) is 3.23. The molecule has 0 amide bonds. The minimum atomic E-state index is -0.293. The topological polar surface area (TPSA) is 54.6 Å². The number of piperazine rings is 1. The number of benzene rings is 2. The van der Waals surface area contributed by atoms with E-state index in [1.54, 1.807) is 12.1 Å². The maximum atomic E-state index is 12.9. The van der Waals surface area contributed by atoms with Crippen molar-refractivity contribution >= 4 is 0 Å². The van der Waals surface area contributed by atoms with E-state index in [4.69, 9.17) is 9.26 Å². The second-order valence-electron chi connectivity index (χ2n) is 6.88. The standard InChI is InChI=1S/C21H23FN4O2/c22-18-6-8-19(9-7-18)27-16-20-23-21(28-24-20)15-26-12-10-25(11-13-26)14-17-4-2-1-3-5-17/h1-9H,10-16H2. The van der Waals surface area contributed by atoms with Crippen molar-refractivity contribution in [1.29, 1.82) is 0 Å². The van der Waals surface area contributed by atoms with Crippen LogP contribution < -0.4 is 4.74 Å². The Kier molecular flexibility index (Phi) is 5.94. The van der Waals surface area contributed by atoms with Gasteiger partial charge in [-0.05, 0) is 29.8 Å². The Morgan fingerprint density at radius 1 is 0.893 bits per heavy atom.